The molecule has 0 saturated carbocycles. The van der Waals surface area contributed by atoms with Crippen molar-refractivity contribution in [3.63, 3.8) is 0 Å². The fraction of sp³-hybridized carbons (Fsp3) is 0.462. The summed E-state index contributed by atoms with van der Waals surface area (Å²) in [6.45, 7) is 3.73. The molecule has 1 unspecified atom stereocenters. The van der Waals surface area contributed by atoms with E-state index in [0.717, 1.165) is 0 Å². The van der Waals surface area contributed by atoms with Crippen molar-refractivity contribution in [1.29, 1.82) is 0 Å². The Kier molecular flexibility index (Phi) is 4.97. The second-order valence-corrected chi connectivity index (χ2v) is 4.43. The van der Waals surface area contributed by atoms with Crippen LogP contribution < -0.4 is 15.8 Å². The number of hydrogen-bond donors (Lipinski definition) is 3. The average Bonchev–Trinajstić information content (AvgIpc) is 2.34. The number of nitrogens with one attached hydrogen (secondary N) is 1. The topological polar surface area (TPSA) is 84.6 Å². The van der Waals surface area contributed by atoms with Crippen LogP contribution in [-0.4, -0.2) is 30.8 Å². The zero-order valence-electron chi connectivity index (χ0n) is 10.9. The van der Waals surface area contributed by atoms with E-state index >= 15 is 0 Å². The molecule has 18 heavy (non-hydrogen) atoms. The van der Waals surface area contributed by atoms with Gasteiger partial charge in [0.25, 0.3) is 5.91 Å². The van der Waals surface area contributed by atoms with E-state index in [2.05, 4.69) is 5.32 Å². The maximum atomic E-state index is 12.1. The van der Waals surface area contributed by atoms with Gasteiger partial charge in [-0.2, -0.15) is 0 Å². The number of aliphatic hydroxyl groups excluding tert-OH is 1. The predicted octanol–water partition coefficient (Wildman–Crippen LogP) is 1.02. The van der Waals surface area contributed by atoms with Crippen LogP contribution in [0.15, 0.2) is 18.2 Å². The molecule has 5 heteroatoms. The number of carbonyl (C=O) groups is 1. The lowest BCUT2D eigenvalue weighted by atomic mass is 10.0. The molecule has 0 aliphatic rings. The fourth-order valence-corrected chi connectivity index (χ4v) is 1.62. The Morgan fingerprint density at radius 2 is 2.17 bits per heavy atom. The Morgan fingerprint density at radius 1 is 1.50 bits per heavy atom. The van der Waals surface area contributed by atoms with Gasteiger partial charge in [0.1, 0.15) is 11.3 Å². The van der Waals surface area contributed by atoms with E-state index in [1.807, 2.05) is 13.8 Å². The summed E-state index contributed by atoms with van der Waals surface area (Å²) in [4.78, 5) is 12.1. The van der Waals surface area contributed by atoms with E-state index in [4.69, 9.17) is 10.5 Å². The van der Waals surface area contributed by atoms with Gasteiger partial charge >= 0.3 is 0 Å². The Morgan fingerprint density at radius 3 is 2.67 bits per heavy atom. The highest BCUT2D eigenvalue weighted by atomic mass is 16.5. The van der Waals surface area contributed by atoms with E-state index in [0.29, 0.717) is 17.0 Å². The van der Waals surface area contributed by atoms with Crippen molar-refractivity contribution >= 4 is 11.6 Å². The molecule has 0 saturated heterocycles. The largest absolute Gasteiger partial charge is 0.496 e. The monoisotopic (exact) mass is 252 g/mol. The first kappa shape index (κ1) is 14.3. The summed E-state index contributed by atoms with van der Waals surface area (Å²) in [5.41, 5.74) is 6.45. The highest BCUT2D eigenvalue weighted by Gasteiger charge is 2.20. The van der Waals surface area contributed by atoms with Gasteiger partial charge in [-0.3, -0.25) is 4.79 Å². The summed E-state index contributed by atoms with van der Waals surface area (Å²) in [7, 11) is 1.48. The van der Waals surface area contributed by atoms with E-state index in [-0.39, 0.29) is 24.5 Å². The van der Waals surface area contributed by atoms with Crippen LogP contribution in [0, 0.1) is 5.92 Å². The summed E-state index contributed by atoms with van der Waals surface area (Å²) in [5, 5.41) is 12.0. The van der Waals surface area contributed by atoms with Crippen LogP contribution in [0.1, 0.15) is 24.2 Å². The molecule has 0 bridgehead atoms. The maximum absolute atomic E-state index is 12.1. The summed E-state index contributed by atoms with van der Waals surface area (Å²) >= 11 is 0. The average molecular weight is 252 g/mol. The summed E-state index contributed by atoms with van der Waals surface area (Å²) in [6.07, 6.45) is 0. The van der Waals surface area contributed by atoms with Crippen molar-refractivity contribution in [1.82, 2.24) is 5.32 Å². The van der Waals surface area contributed by atoms with Crippen molar-refractivity contribution < 1.29 is 14.6 Å². The number of methoxy groups -OCH3 is 1. The molecule has 0 aliphatic heterocycles. The van der Waals surface area contributed by atoms with Gasteiger partial charge < -0.3 is 20.9 Å². The zero-order valence-corrected chi connectivity index (χ0v) is 10.9. The van der Waals surface area contributed by atoms with Crippen LogP contribution in [0.3, 0.4) is 0 Å². The third-order valence-corrected chi connectivity index (χ3v) is 2.82. The first-order valence-corrected chi connectivity index (χ1v) is 5.85. The lowest BCUT2D eigenvalue weighted by Gasteiger charge is -2.21. The maximum Gasteiger partial charge on any atom is 0.257 e. The number of hydrogen-bond acceptors (Lipinski definition) is 4. The van der Waals surface area contributed by atoms with Crippen LogP contribution in [0.25, 0.3) is 0 Å². The number of carbonyl (C=O) groups excluding carboxylic acids is 1. The zero-order chi connectivity index (χ0) is 13.7. The minimum absolute atomic E-state index is 0.113. The number of benzene rings is 1. The van der Waals surface area contributed by atoms with Crippen molar-refractivity contribution in [2.75, 3.05) is 19.5 Å². The van der Waals surface area contributed by atoms with Crippen molar-refractivity contribution in [3.05, 3.63) is 23.8 Å². The summed E-state index contributed by atoms with van der Waals surface area (Å²) in [6, 6.07) is 4.73. The highest BCUT2D eigenvalue weighted by Crippen LogP contribution is 2.24. The van der Waals surface area contributed by atoms with E-state index < -0.39 is 0 Å². The van der Waals surface area contributed by atoms with Crippen molar-refractivity contribution in [2.24, 2.45) is 5.92 Å². The van der Waals surface area contributed by atoms with Gasteiger partial charge in [0, 0.05) is 5.69 Å². The van der Waals surface area contributed by atoms with Gasteiger partial charge in [0.15, 0.2) is 0 Å². The van der Waals surface area contributed by atoms with Gasteiger partial charge in [-0.25, -0.2) is 0 Å². The second kappa shape index (κ2) is 6.26. The number of rotatable bonds is 5. The van der Waals surface area contributed by atoms with Crippen LogP contribution in [0.5, 0.6) is 5.75 Å². The second-order valence-electron chi connectivity index (χ2n) is 4.43. The molecule has 1 amide bonds. The Hall–Kier alpha value is -1.75. The van der Waals surface area contributed by atoms with Crippen molar-refractivity contribution in [3.8, 4) is 5.75 Å². The molecule has 0 heterocycles. The minimum Gasteiger partial charge on any atom is -0.496 e. The highest BCUT2D eigenvalue weighted by molar-refractivity contribution is 6.02. The third-order valence-electron chi connectivity index (χ3n) is 2.82. The van der Waals surface area contributed by atoms with Gasteiger partial charge in [-0.1, -0.05) is 19.9 Å². The molecule has 5 nitrogen and oxygen atoms in total. The number of anilines is 1. The first-order chi connectivity index (χ1) is 8.51. The van der Waals surface area contributed by atoms with Gasteiger partial charge in [-0.15, -0.1) is 0 Å². The number of aliphatic hydroxyl groups is 1. The number of amides is 1. The normalized spacial score (nSPS) is 12.3. The Balaban J connectivity index is 2.97. The SMILES string of the molecule is COc1cccc(N)c1C(=O)NC(CO)C(C)C. The lowest BCUT2D eigenvalue weighted by molar-refractivity contribution is 0.0895. The van der Waals surface area contributed by atoms with E-state index in [1.165, 1.54) is 7.11 Å². The van der Waals surface area contributed by atoms with Crippen LogP contribution in [0.4, 0.5) is 5.69 Å². The predicted molar refractivity (Wildman–Crippen MR) is 70.6 cm³/mol. The van der Waals surface area contributed by atoms with E-state index in [1.54, 1.807) is 18.2 Å². The van der Waals surface area contributed by atoms with Gasteiger partial charge in [0.2, 0.25) is 0 Å². The summed E-state index contributed by atoms with van der Waals surface area (Å²) in [5.74, 6) is 0.223. The molecule has 100 valence electrons. The molecule has 1 aromatic rings. The quantitative estimate of drug-likeness (QED) is 0.683. The van der Waals surface area contributed by atoms with Crippen LogP contribution in [0.2, 0.25) is 0 Å². The third kappa shape index (κ3) is 3.13. The Labute approximate surface area is 107 Å². The molecule has 0 spiro atoms. The molecule has 0 aromatic heterocycles. The molecule has 1 aromatic carbocycles. The molecule has 1 rings (SSSR count). The molecule has 0 fully saturated rings. The van der Waals surface area contributed by atoms with Gasteiger partial charge in [-0.05, 0) is 18.1 Å². The molecule has 1 atom stereocenters. The Bertz CT molecular complexity index is 419. The molecule has 4 N–H and O–H groups in total. The molecular formula is C13H20N2O3. The summed E-state index contributed by atoms with van der Waals surface area (Å²) < 4.78 is 5.12. The molecule has 0 aliphatic carbocycles. The standard InChI is InChI=1S/C13H20N2O3/c1-8(2)10(7-16)15-13(17)12-9(14)5-4-6-11(12)18-3/h4-6,8,10,16H,7,14H2,1-3H3,(H,15,17). The smallest absolute Gasteiger partial charge is 0.257 e. The number of nitrogen functional groups attached to an aromatic ring is 1. The van der Waals surface area contributed by atoms with E-state index in [9.17, 15) is 9.90 Å². The molecule has 0 radical (unpaired) electrons. The van der Waals surface area contributed by atoms with Crippen molar-refractivity contribution in [2.45, 2.75) is 19.9 Å². The fourth-order valence-electron chi connectivity index (χ4n) is 1.62. The van der Waals surface area contributed by atoms with Gasteiger partial charge in [0.05, 0.1) is 19.8 Å². The minimum atomic E-state index is -0.335. The number of ether oxygens (including phenoxy) is 1. The molecular weight excluding hydrogens is 232 g/mol. The first-order valence-electron chi connectivity index (χ1n) is 5.85. The van der Waals surface area contributed by atoms with Crippen LogP contribution in [-0.2, 0) is 0 Å². The number of nitrogens with two attached hydrogens (primary N) is 1. The van der Waals surface area contributed by atoms with Crippen LogP contribution >= 0.6 is 0 Å². The lowest BCUT2D eigenvalue weighted by Crippen LogP contribution is -2.41.